The SMILES string of the molecule is CCCCC(C=O)(CC)CSc1ccccc1CO. The second-order valence-electron chi connectivity index (χ2n) is 4.99. The van der Waals surface area contributed by atoms with E-state index in [1.165, 1.54) is 0 Å². The average molecular weight is 280 g/mol. The Labute approximate surface area is 120 Å². The Kier molecular flexibility index (Phi) is 7.17. The first-order valence-electron chi connectivity index (χ1n) is 6.99. The van der Waals surface area contributed by atoms with Crippen LogP contribution in [0.5, 0.6) is 0 Å². The van der Waals surface area contributed by atoms with Crippen LogP contribution in [0.15, 0.2) is 29.2 Å². The summed E-state index contributed by atoms with van der Waals surface area (Å²) >= 11 is 1.69. The molecule has 2 nitrogen and oxygen atoms in total. The summed E-state index contributed by atoms with van der Waals surface area (Å²) in [5.74, 6) is 0.796. The van der Waals surface area contributed by atoms with Gasteiger partial charge >= 0.3 is 0 Å². The fourth-order valence-corrected chi connectivity index (χ4v) is 3.41. The van der Waals surface area contributed by atoms with E-state index in [-0.39, 0.29) is 12.0 Å². The molecule has 0 fully saturated rings. The smallest absolute Gasteiger partial charge is 0.126 e. The monoisotopic (exact) mass is 280 g/mol. The van der Waals surface area contributed by atoms with Crippen LogP contribution in [0.2, 0.25) is 0 Å². The van der Waals surface area contributed by atoms with Gasteiger partial charge < -0.3 is 9.90 Å². The van der Waals surface area contributed by atoms with E-state index in [2.05, 4.69) is 13.8 Å². The molecule has 0 spiro atoms. The maximum Gasteiger partial charge on any atom is 0.126 e. The zero-order chi connectivity index (χ0) is 14.1. The number of hydrogen-bond donors (Lipinski definition) is 1. The molecule has 0 radical (unpaired) electrons. The largest absolute Gasteiger partial charge is 0.392 e. The highest BCUT2D eigenvalue weighted by molar-refractivity contribution is 7.99. The van der Waals surface area contributed by atoms with E-state index in [1.807, 2.05) is 24.3 Å². The normalized spacial score (nSPS) is 14.1. The summed E-state index contributed by atoms with van der Waals surface area (Å²) in [6.45, 7) is 4.29. The topological polar surface area (TPSA) is 37.3 Å². The predicted molar refractivity (Wildman–Crippen MR) is 81.4 cm³/mol. The molecule has 0 aliphatic rings. The number of benzene rings is 1. The Hall–Kier alpha value is -0.800. The van der Waals surface area contributed by atoms with Crippen LogP contribution in [0.3, 0.4) is 0 Å². The van der Waals surface area contributed by atoms with E-state index in [1.54, 1.807) is 11.8 Å². The molecule has 1 N–H and O–H groups in total. The first-order chi connectivity index (χ1) is 9.21. The van der Waals surface area contributed by atoms with Crippen molar-refractivity contribution < 1.29 is 9.90 Å². The molecule has 3 heteroatoms. The van der Waals surface area contributed by atoms with E-state index in [4.69, 9.17) is 0 Å². The molecule has 0 aliphatic heterocycles. The summed E-state index contributed by atoms with van der Waals surface area (Å²) in [5.41, 5.74) is 0.724. The molecular formula is C16H24O2S. The van der Waals surface area contributed by atoms with Gasteiger partial charge in [0.1, 0.15) is 6.29 Å². The molecule has 1 aromatic carbocycles. The molecule has 0 amide bonds. The molecule has 1 atom stereocenters. The molecule has 0 aliphatic carbocycles. The van der Waals surface area contributed by atoms with Crippen molar-refractivity contribution >= 4 is 18.0 Å². The summed E-state index contributed by atoms with van der Waals surface area (Å²) in [5, 5.41) is 9.32. The number of aliphatic hydroxyl groups excluding tert-OH is 1. The van der Waals surface area contributed by atoms with Crippen molar-refractivity contribution in [1.82, 2.24) is 0 Å². The molecular weight excluding hydrogens is 256 g/mol. The van der Waals surface area contributed by atoms with E-state index in [0.717, 1.165) is 48.2 Å². The second-order valence-corrected chi connectivity index (χ2v) is 6.01. The molecule has 0 saturated carbocycles. The minimum absolute atomic E-state index is 0.0539. The number of rotatable bonds is 9. The first-order valence-corrected chi connectivity index (χ1v) is 7.97. The van der Waals surface area contributed by atoms with E-state index in [9.17, 15) is 9.90 Å². The lowest BCUT2D eigenvalue weighted by Gasteiger charge is -2.26. The van der Waals surface area contributed by atoms with Crippen molar-refractivity contribution in [3.63, 3.8) is 0 Å². The van der Waals surface area contributed by atoms with E-state index < -0.39 is 0 Å². The molecule has 0 saturated heterocycles. The van der Waals surface area contributed by atoms with Crippen LogP contribution in [0.4, 0.5) is 0 Å². The number of aldehydes is 1. The Bertz CT molecular complexity index is 392. The number of unbranched alkanes of at least 4 members (excludes halogenated alkanes) is 1. The highest BCUT2D eigenvalue weighted by atomic mass is 32.2. The highest BCUT2D eigenvalue weighted by Crippen LogP contribution is 2.35. The predicted octanol–water partition coefficient (Wildman–Crippen LogP) is 4.06. The van der Waals surface area contributed by atoms with Crippen molar-refractivity contribution in [2.24, 2.45) is 5.41 Å². The summed E-state index contributed by atoms with van der Waals surface area (Å²) < 4.78 is 0. The van der Waals surface area contributed by atoms with Gasteiger partial charge in [-0.2, -0.15) is 0 Å². The molecule has 1 unspecified atom stereocenters. The molecule has 1 rings (SSSR count). The van der Waals surface area contributed by atoms with Crippen LogP contribution < -0.4 is 0 Å². The molecule has 0 bridgehead atoms. The third kappa shape index (κ3) is 4.66. The van der Waals surface area contributed by atoms with Crippen molar-refractivity contribution in [3.8, 4) is 0 Å². The molecule has 1 aromatic rings. The van der Waals surface area contributed by atoms with Gasteiger partial charge in [-0.15, -0.1) is 11.8 Å². The maximum absolute atomic E-state index is 11.5. The zero-order valence-corrected chi connectivity index (χ0v) is 12.7. The number of carbonyl (C=O) groups is 1. The summed E-state index contributed by atoms with van der Waals surface area (Å²) in [4.78, 5) is 12.6. The van der Waals surface area contributed by atoms with Gasteiger partial charge in [0.2, 0.25) is 0 Å². The van der Waals surface area contributed by atoms with Gasteiger partial charge in [-0.05, 0) is 24.5 Å². The van der Waals surface area contributed by atoms with Gasteiger partial charge in [-0.3, -0.25) is 0 Å². The van der Waals surface area contributed by atoms with Gasteiger partial charge in [0.05, 0.1) is 6.61 Å². The molecule has 0 aromatic heterocycles. The number of aliphatic hydroxyl groups is 1. The number of thioether (sulfide) groups is 1. The maximum atomic E-state index is 11.5. The van der Waals surface area contributed by atoms with Gasteiger partial charge in [0.15, 0.2) is 0 Å². The van der Waals surface area contributed by atoms with Crippen LogP contribution in [0, 0.1) is 5.41 Å². The standard InChI is InChI=1S/C16H24O2S/c1-3-5-10-16(4-2,12-18)13-19-15-9-7-6-8-14(15)11-17/h6-9,12,17H,3-5,10-11,13H2,1-2H3. The quantitative estimate of drug-likeness (QED) is 0.547. The highest BCUT2D eigenvalue weighted by Gasteiger charge is 2.27. The van der Waals surface area contributed by atoms with E-state index in [0.29, 0.717) is 0 Å². The average Bonchev–Trinajstić information content (AvgIpc) is 2.48. The van der Waals surface area contributed by atoms with Crippen molar-refractivity contribution in [2.75, 3.05) is 5.75 Å². The Balaban J connectivity index is 2.72. The Morgan fingerprint density at radius 1 is 1.32 bits per heavy atom. The minimum atomic E-state index is -0.219. The van der Waals surface area contributed by atoms with Crippen molar-refractivity contribution in [2.45, 2.75) is 51.0 Å². The lowest BCUT2D eigenvalue weighted by atomic mass is 9.84. The summed E-state index contributed by atoms with van der Waals surface area (Å²) in [6.07, 6.45) is 5.18. The third-order valence-corrected chi connectivity index (χ3v) is 5.07. The van der Waals surface area contributed by atoms with Crippen LogP contribution in [0.25, 0.3) is 0 Å². The van der Waals surface area contributed by atoms with Crippen molar-refractivity contribution in [1.29, 1.82) is 0 Å². The Morgan fingerprint density at radius 2 is 2.05 bits per heavy atom. The molecule has 19 heavy (non-hydrogen) atoms. The number of hydrogen-bond acceptors (Lipinski definition) is 3. The second kappa shape index (κ2) is 8.39. The lowest BCUT2D eigenvalue weighted by molar-refractivity contribution is -0.115. The van der Waals surface area contributed by atoms with Crippen molar-refractivity contribution in [3.05, 3.63) is 29.8 Å². The fourth-order valence-electron chi connectivity index (χ4n) is 2.05. The summed E-state index contributed by atoms with van der Waals surface area (Å²) in [6, 6.07) is 7.85. The summed E-state index contributed by atoms with van der Waals surface area (Å²) in [7, 11) is 0. The van der Waals surface area contributed by atoms with Crippen LogP contribution in [0.1, 0.15) is 45.1 Å². The fraction of sp³-hybridized carbons (Fsp3) is 0.562. The van der Waals surface area contributed by atoms with Crippen LogP contribution >= 0.6 is 11.8 Å². The first kappa shape index (κ1) is 16.3. The van der Waals surface area contributed by atoms with Gasteiger partial charge in [0, 0.05) is 16.1 Å². The Morgan fingerprint density at radius 3 is 2.63 bits per heavy atom. The molecule has 106 valence electrons. The van der Waals surface area contributed by atoms with Crippen LogP contribution in [-0.4, -0.2) is 17.1 Å². The lowest BCUT2D eigenvalue weighted by Crippen LogP contribution is -2.24. The van der Waals surface area contributed by atoms with Crippen LogP contribution in [-0.2, 0) is 11.4 Å². The zero-order valence-electron chi connectivity index (χ0n) is 11.9. The third-order valence-electron chi connectivity index (χ3n) is 3.64. The van der Waals surface area contributed by atoms with Gasteiger partial charge in [-0.1, -0.05) is 44.9 Å². The van der Waals surface area contributed by atoms with E-state index >= 15 is 0 Å². The minimum Gasteiger partial charge on any atom is -0.392 e. The number of carbonyl (C=O) groups excluding carboxylic acids is 1. The van der Waals surface area contributed by atoms with Gasteiger partial charge in [0.25, 0.3) is 0 Å². The van der Waals surface area contributed by atoms with Gasteiger partial charge in [-0.25, -0.2) is 0 Å². The molecule has 0 heterocycles.